The zero-order valence-electron chi connectivity index (χ0n) is 16.2. The van der Waals surface area contributed by atoms with E-state index in [-0.39, 0.29) is 30.8 Å². The molecule has 3 N–H and O–H groups in total. The first-order valence-electron chi connectivity index (χ1n) is 9.09. The molecule has 0 saturated carbocycles. The number of carbonyl (C=O) groups is 1. The van der Waals surface area contributed by atoms with E-state index in [2.05, 4.69) is 12.2 Å². The predicted octanol–water partition coefficient (Wildman–Crippen LogP) is 3.10. The summed E-state index contributed by atoms with van der Waals surface area (Å²) in [6, 6.07) is 5.38. The van der Waals surface area contributed by atoms with E-state index >= 15 is 0 Å². The Bertz CT molecular complexity index is 819. The fraction of sp³-hybridized carbons (Fsp3) is 0.500. The minimum absolute atomic E-state index is 0. The number of ether oxygens (including phenoxy) is 1. The average molecular weight is 397 g/mol. The molecule has 0 saturated heterocycles. The minimum atomic E-state index is -0.405. The second-order valence-corrected chi connectivity index (χ2v) is 6.50. The van der Waals surface area contributed by atoms with E-state index < -0.39 is 5.63 Å². The van der Waals surface area contributed by atoms with Crippen LogP contribution >= 0.6 is 12.4 Å². The molecule has 150 valence electrons. The van der Waals surface area contributed by atoms with Crippen LogP contribution in [0.5, 0.6) is 5.75 Å². The number of nitrogens with two attached hydrogens (primary N) is 1. The van der Waals surface area contributed by atoms with Crippen LogP contribution in [0.1, 0.15) is 43.7 Å². The molecule has 1 aromatic heterocycles. The number of methoxy groups -OCH3 is 1. The molecular weight excluding hydrogens is 368 g/mol. The number of fused-ring (bicyclic) bond motifs is 1. The quantitative estimate of drug-likeness (QED) is 0.635. The van der Waals surface area contributed by atoms with Crippen LogP contribution in [0.2, 0.25) is 0 Å². The van der Waals surface area contributed by atoms with Crippen molar-refractivity contribution in [3.8, 4) is 5.75 Å². The van der Waals surface area contributed by atoms with Gasteiger partial charge < -0.3 is 20.2 Å². The predicted molar refractivity (Wildman–Crippen MR) is 110 cm³/mol. The van der Waals surface area contributed by atoms with E-state index in [9.17, 15) is 9.59 Å². The summed E-state index contributed by atoms with van der Waals surface area (Å²) < 4.78 is 10.6. The Morgan fingerprint density at radius 3 is 2.74 bits per heavy atom. The average Bonchev–Trinajstić information content (AvgIpc) is 2.64. The van der Waals surface area contributed by atoms with Crippen LogP contribution in [-0.4, -0.2) is 25.6 Å². The van der Waals surface area contributed by atoms with Gasteiger partial charge in [-0.2, -0.15) is 0 Å². The first-order chi connectivity index (χ1) is 12.5. The normalized spacial score (nSPS) is 11.7. The minimum Gasteiger partial charge on any atom is -0.497 e. The van der Waals surface area contributed by atoms with E-state index in [0.29, 0.717) is 29.9 Å². The van der Waals surface area contributed by atoms with Gasteiger partial charge in [0.05, 0.1) is 7.11 Å². The molecule has 0 bridgehead atoms. The summed E-state index contributed by atoms with van der Waals surface area (Å²) in [6.45, 7) is 4.40. The molecule has 27 heavy (non-hydrogen) atoms. The van der Waals surface area contributed by atoms with Crippen molar-refractivity contribution >= 4 is 29.3 Å². The fourth-order valence-corrected chi connectivity index (χ4v) is 3.03. The molecule has 7 heteroatoms. The number of rotatable bonds is 9. The highest BCUT2D eigenvalue weighted by Gasteiger charge is 2.15. The van der Waals surface area contributed by atoms with Gasteiger partial charge in [0.1, 0.15) is 11.3 Å². The van der Waals surface area contributed by atoms with Gasteiger partial charge in [-0.25, -0.2) is 4.79 Å². The molecule has 2 aromatic rings. The largest absolute Gasteiger partial charge is 0.497 e. The third-order valence-corrected chi connectivity index (χ3v) is 4.65. The third-order valence-electron chi connectivity index (χ3n) is 4.65. The van der Waals surface area contributed by atoms with Crippen molar-refractivity contribution in [1.82, 2.24) is 5.32 Å². The summed E-state index contributed by atoms with van der Waals surface area (Å²) in [5.41, 5.74) is 7.18. The van der Waals surface area contributed by atoms with Gasteiger partial charge in [-0.1, -0.05) is 19.8 Å². The van der Waals surface area contributed by atoms with Crippen molar-refractivity contribution in [3.05, 3.63) is 39.7 Å². The molecule has 0 aliphatic rings. The highest BCUT2D eigenvalue weighted by Crippen LogP contribution is 2.24. The standard InChI is InChI=1S/C20H28N2O4.ClH/c1-4-5-6-14(12-21)22-19(23)10-9-17-13(2)16-8-7-15(25-3)11-18(16)26-20(17)24;/h7-8,11,14H,4-6,9-10,12,21H2,1-3H3,(H,22,23);1H. The maximum Gasteiger partial charge on any atom is 0.339 e. The highest BCUT2D eigenvalue weighted by molar-refractivity contribution is 5.85. The topological polar surface area (TPSA) is 94.6 Å². The second kappa shape index (κ2) is 10.9. The summed E-state index contributed by atoms with van der Waals surface area (Å²) in [5.74, 6) is 0.539. The number of benzene rings is 1. The second-order valence-electron chi connectivity index (χ2n) is 6.50. The Hall–Kier alpha value is -2.05. The lowest BCUT2D eigenvalue weighted by Crippen LogP contribution is -2.40. The van der Waals surface area contributed by atoms with Crippen LogP contribution in [-0.2, 0) is 11.2 Å². The Morgan fingerprint density at radius 2 is 2.11 bits per heavy atom. The number of hydrogen-bond donors (Lipinski definition) is 2. The van der Waals surface area contributed by atoms with Crippen LogP contribution in [0.25, 0.3) is 11.0 Å². The molecule has 6 nitrogen and oxygen atoms in total. The number of unbranched alkanes of at least 4 members (excludes halogenated alkanes) is 1. The van der Waals surface area contributed by atoms with Crippen LogP contribution in [0.3, 0.4) is 0 Å². The highest BCUT2D eigenvalue weighted by atomic mass is 35.5. The number of amides is 1. The van der Waals surface area contributed by atoms with Crippen LogP contribution in [0, 0.1) is 6.92 Å². The van der Waals surface area contributed by atoms with Crippen molar-refractivity contribution in [3.63, 3.8) is 0 Å². The van der Waals surface area contributed by atoms with E-state index in [0.717, 1.165) is 30.2 Å². The smallest absolute Gasteiger partial charge is 0.339 e. The summed E-state index contributed by atoms with van der Waals surface area (Å²) >= 11 is 0. The zero-order valence-corrected chi connectivity index (χ0v) is 17.0. The molecule has 1 heterocycles. The number of nitrogens with one attached hydrogen (secondary N) is 1. The van der Waals surface area contributed by atoms with Gasteiger partial charge in [0.15, 0.2) is 0 Å². The molecule has 1 unspecified atom stereocenters. The van der Waals surface area contributed by atoms with Crippen molar-refractivity contribution in [2.24, 2.45) is 5.73 Å². The van der Waals surface area contributed by atoms with Gasteiger partial charge in [-0.05, 0) is 37.5 Å². The van der Waals surface area contributed by atoms with Gasteiger partial charge >= 0.3 is 5.63 Å². The number of aryl methyl sites for hydroxylation is 1. The van der Waals surface area contributed by atoms with Crippen molar-refractivity contribution in [1.29, 1.82) is 0 Å². The van der Waals surface area contributed by atoms with Crippen molar-refractivity contribution < 1.29 is 13.9 Å². The molecule has 1 amide bonds. The number of carbonyl (C=O) groups excluding carboxylic acids is 1. The molecule has 2 rings (SSSR count). The SMILES string of the molecule is CCCCC(CN)NC(=O)CCc1c(C)c2ccc(OC)cc2oc1=O.Cl. The molecule has 0 radical (unpaired) electrons. The van der Waals surface area contributed by atoms with Crippen LogP contribution in [0.15, 0.2) is 27.4 Å². The van der Waals surface area contributed by atoms with Gasteiger partial charge in [-0.15, -0.1) is 12.4 Å². The summed E-state index contributed by atoms with van der Waals surface area (Å²) in [4.78, 5) is 24.5. The lowest BCUT2D eigenvalue weighted by molar-refractivity contribution is -0.121. The Morgan fingerprint density at radius 1 is 1.37 bits per heavy atom. The van der Waals surface area contributed by atoms with E-state index in [1.54, 1.807) is 13.2 Å². The molecule has 1 aromatic carbocycles. The summed E-state index contributed by atoms with van der Waals surface area (Å²) in [6.07, 6.45) is 3.54. The maximum atomic E-state index is 12.3. The first-order valence-corrected chi connectivity index (χ1v) is 9.09. The molecule has 1 atom stereocenters. The molecule has 0 aliphatic heterocycles. The van der Waals surface area contributed by atoms with Crippen LogP contribution in [0.4, 0.5) is 0 Å². The zero-order chi connectivity index (χ0) is 19.1. The summed E-state index contributed by atoms with van der Waals surface area (Å²) in [5, 5.41) is 3.80. The number of halogens is 1. The Balaban J connectivity index is 0.00000364. The van der Waals surface area contributed by atoms with Crippen LogP contribution < -0.4 is 21.4 Å². The van der Waals surface area contributed by atoms with Crippen molar-refractivity contribution in [2.75, 3.05) is 13.7 Å². The van der Waals surface area contributed by atoms with Gasteiger partial charge in [0, 0.05) is 36.0 Å². The Labute approximate surface area is 165 Å². The summed E-state index contributed by atoms with van der Waals surface area (Å²) in [7, 11) is 1.56. The monoisotopic (exact) mass is 396 g/mol. The fourth-order valence-electron chi connectivity index (χ4n) is 3.03. The molecule has 0 fully saturated rings. The van der Waals surface area contributed by atoms with Gasteiger partial charge in [0.25, 0.3) is 0 Å². The lowest BCUT2D eigenvalue weighted by atomic mass is 10.0. The molecule has 0 spiro atoms. The molecular formula is C20H29ClN2O4. The van der Waals surface area contributed by atoms with E-state index in [1.165, 1.54) is 0 Å². The molecule has 0 aliphatic carbocycles. The van der Waals surface area contributed by atoms with E-state index in [1.807, 2.05) is 19.1 Å². The van der Waals surface area contributed by atoms with Gasteiger partial charge in [-0.3, -0.25) is 4.79 Å². The van der Waals surface area contributed by atoms with E-state index in [4.69, 9.17) is 14.9 Å². The lowest BCUT2D eigenvalue weighted by Gasteiger charge is -2.16. The third kappa shape index (κ3) is 5.97. The Kier molecular flexibility index (Phi) is 9.32. The number of hydrogen-bond acceptors (Lipinski definition) is 5. The van der Waals surface area contributed by atoms with Gasteiger partial charge in [0.2, 0.25) is 5.91 Å². The first kappa shape index (κ1) is 23.0. The maximum absolute atomic E-state index is 12.3. The van der Waals surface area contributed by atoms with Crippen molar-refractivity contribution in [2.45, 2.75) is 52.0 Å².